The van der Waals surface area contributed by atoms with Crippen LogP contribution in [0.2, 0.25) is 0 Å². The standard InChI is InChI=1S/C14H15N5O6S2/c1-24-19-8(6-4-27-14(15)16-6)10(20)17-9(12(21)22)11-18-7-5(3-26-11)2-25-13(7)23/h4,9,11,18H,2-3H2,1H3,(H2,15,16)(H,17,20)(H,21,22). The van der Waals surface area contributed by atoms with Gasteiger partial charge in [0.2, 0.25) is 0 Å². The molecule has 27 heavy (non-hydrogen) atoms. The van der Waals surface area contributed by atoms with Crippen molar-refractivity contribution in [2.45, 2.75) is 11.4 Å². The third kappa shape index (κ3) is 3.98. The van der Waals surface area contributed by atoms with E-state index in [0.29, 0.717) is 5.75 Å². The fourth-order valence-corrected chi connectivity index (χ4v) is 4.17. The molecule has 13 heteroatoms. The Hall–Kier alpha value is -2.80. The zero-order chi connectivity index (χ0) is 19.6. The number of carbonyl (C=O) groups is 3. The molecule has 0 spiro atoms. The Bertz CT molecular complexity index is 851. The molecular formula is C14H15N5O6S2. The predicted molar refractivity (Wildman–Crippen MR) is 97.0 cm³/mol. The van der Waals surface area contributed by atoms with Gasteiger partial charge in [-0.25, -0.2) is 14.6 Å². The van der Waals surface area contributed by atoms with Crippen molar-refractivity contribution in [1.29, 1.82) is 0 Å². The Balaban J connectivity index is 1.78. The number of nitrogens with one attached hydrogen (secondary N) is 2. The van der Waals surface area contributed by atoms with Crippen molar-refractivity contribution in [1.82, 2.24) is 15.6 Å². The number of carboxylic acids is 1. The number of thioether (sulfide) groups is 1. The highest BCUT2D eigenvalue weighted by Gasteiger charge is 2.39. The van der Waals surface area contributed by atoms with E-state index in [0.717, 1.165) is 16.9 Å². The number of rotatable bonds is 6. The molecule has 2 aliphatic heterocycles. The molecule has 2 unspecified atom stereocenters. The number of aliphatic carboxylic acids is 1. The summed E-state index contributed by atoms with van der Waals surface area (Å²) in [7, 11) is 1.25. The number of anilines is 1. The molecular weight excluding hydrogens is 398 g/mol. The molecule has 0 fully saturated rings. The number of aromatic nitrogens is 1. The van der Waals surface area contributed by atoms with Gasteiger partial charge in [-0.2, -0.15) is 0 Å². The number of amides is 1. The van der Waals surface area contributed by atoms with Crippen molar-refractivity contribution in [2.24, 2.45) is 5.16 Å². The van der Waals surface area contributed by atoms with Gasteiger partial charge in [-0.1, -0.05) is 5.16 Å². The van der Waals surface area contributed by atoms with E-state index in [1.54, 1.807) is 0 Å². The van der Waals surface area contributed by atoms with E-state index in [1.807, 2.05) is 0 Å². The number of thiazole rings is 1. The first-order chi connectivity index (χ1) is 12.9. The molecule has 1 aromatic rings. The molecule has 0 aromatic carbocycles. The van der Waals surface area contributed by atoms with E-state index in [1.165, 1.54) is 24.3 Å². The number of nitrogens with zero attached hydrogens (tertiary/aromatic N) is 2. The Labute approximate surface area is 161 Å². The third-order valence-electron chi connectivity index (χ3n) is 3.68. The van der Waals surface area contributed by atoms with E-state index in [4.69, 9.17) is 10.5 Å². The largest absolute Gasteiger partial charge is 0.480 e. The Morgan fingerprint density at radius 3 is 3.00 bits per heavy atom. The fraction of sp³-hybridized carbons (Fsp3) is 0.357. The Morgan fingerprint density at radius 2 is 2.37 bits per heavy atom. The average molecular weight is 413 g/mol. The first-order valence-electron chi connectivity index (χ1n) is 7.54. The highest BCUT2D eigenvalue weighted by Crippen LogP contribution is 2.28. The van der Waals surface area contributed by atoms with Crippen molar-refractivity contribution in [2.75, 3.05) is 25.2 Å². The number of esters is 1. The third-order valence-corrected chi connectivity index (χ3v) is 5.61. The minimum absolute atomic E-state index is 0.162. The molecule has 1 aromatic heterocycles. The number of nitrogen functional groups attached to an aromatic ring is 1. The highest BCUT2D eigenvalue weighted by atomic mass is 32.2. The Kier molecular flexibility index (Phi) is 5.51. The van der Waals surface area contributed by atoms with Gasteiger partial charge in [0.05, 0.1) is 0 Å². The number of nitrogens with two attached hydrogens (primary N) is 1. The lowest BCUT2D eigenvalue weighted by atomic mass is 10.2. The van der Waals surface area contributed by atoms with Crippen LogP contribution in [-0.4, -0.2) is 64.5 Å². The van der Waals surface area contributed by atoms with E-state index in [-0.39, 0.29) is 28.8 Å². The molecule has 144 valence electrons. The number of hydrogen-bond donors (Lipinski definition) is 4. The van der Waals surface area contributed by atoms with Crippen LogP contribution in [0, 0.1) is 0 Å². The summed E-state index contributed by atoms with van der Waals surface area (Å²) in [6.45, 7) is 0.181. The van der Waals surface area contributed by atoms with Crippen LogP contribution in [0.4, 0.5) is 5.13 Å². The van der Waals surface area contributed by atoms with Crippen LogP contribution in [0.25, 0.3) is 0 Å². The molecule has 5 N–H and O–H groups in total. The molecule has 1 amide bonds. The summed E-state index contributed by atoms with van der Waals surface area (Å²) in [6, 6.07) is -1.34. The van der Waals surface area contributed by atoms with Gasteiger partial charge in [0.25, 0.3) is 5.91 Å². The van der Waals surface area contributed by atoms with E-state index < -0.39 is 29.3 Å². The van der Waals surface area contributed by atoms with Gasteiger partial charge >= 0.3 is 11.9 Å². The van der Waals surface area contributed by atoms with Crippen LogP contribution < -0.4 is 16.4 Å². The quantitative estimate of drug-likeness (QED) is 0.261. The highest BCUT2D eigenvalue weighted by molar-refractivity contribution is 8.00. The molecule has 2 atom stereocenters. The van der Waals surface area contributed by atoms with Gasteiger partial charge in [0, 0.05) is 16.7 Å². The van der Waals surface area contributed by atoms with Gasteiger partial charge < -0.3 is 31.0 Å². The number of oxime groups is 1. The second-order valence-corrected chi connectivity index (χ2v) is 7.43. The first-order valence-corrected chi connectivity index (χ1v) is 9.47. The minimum atomic E-state index is -1.34. The lowest BCUT2D eigenvalue weighted by Crippen LogP contribution is -2.55. The van der Waals surface area contributed by atoms with Crippen LogP contribution in [0.5, 0.6) is 0 Å². The van der Waals surface area contributed by atoms with Crippen LogP contribution in [0.15, 0.2) is 21.8 Å². The zero-order valence-corrected chi connectivity index (χ0v) is 15.6. The molecule has 0 aliphatic carbocycles. The normalized spacial score (nSPS) is 20.4. The van der Waals surface area contributed by atoms with Gasteiger partial charge in [0.1, 0.15) is 30.5 Å². The zero-order valence-electron chi connectivity index (χ0n) is 13.9. The number of ether oxygens (including phenoxy) is 1. The maximum Gasteiger partial charge on any atom is 0.354 e. The summed E-state index contributed by atoms with van der Waals surface area (Å²) in [5, 5.41) is 19.4. The van der Waals surface area contributed by atoms with E-state index >= 15 is 0 Å². The summed E-state index contributed by atoms with van der Waals surface area (Å²) < 4.78 is 4.92. The molecule has 0 saturated heterocycles. The van der Waals surface area contributed by atoms with E-state index in [9.17, 15) is 19.5 Å². The summed E-state index contributed by atoms with van der Waals surface area (Å²) in [4.78, 5) is 44.6. The maximum absolute atomic E-state index is 12.6. The lowest BCUT2D eigenvalue weighted by Gasteiger charge is -2.29. The second kappa shape index (κ2) is 7.84. The van der Waals surface area contributed by atoms with Crippen LogP contribution >= 0.6 is 23.1 Å². The van der Waals surface area contributed by atoms with E-state index in [2.05, 4.69) is 25.6 Å². The van der Waals surface area contributed by atoms with Crippen molar-refractivity contribution < 1.29 is 29.1 Å². The maximum atomic E-state index is 12.6. The molecule has 0 radical (unpaired) electrons. The van der Waals surface area contributed by atoms with Gasteiger partial charge in [-0.3, -0.25) is 4.79 Å². The van der Waals surface area contributed by atoms with Crippen LogP contribution in [0.1, 0.15) is 5.69 Å². The monoisotopic (exact) mass is 413 g/mol. The lowest BCUT2D eigenvalue weighted by molar-refractivity contribution is -0.141. The van der Waals surface area contributed by atoms with Crippen molar-refractivity contribution in [3.05, 3.63) is 22.3 Å². The molecule has 0 saturated carbocycles. The summed E-state index contributed by atoms with van der Waals surface area (Å²) in [5.74, 6) is -2.20. The predicted octanol–water partition coefficient (Wildman–Crippen LogP) is -0.881. The minimum Gasteiger partial charge on any atom is -0.480 e. The molecule has 3 heterocycles. The first kappa shape index (κ1) is 19.0. The average Bonchev–Trinajstić information content (AvgIpc) is 3.23. The van der Waals surface area contributed by atoms with Gasteiger partial charge in [0.15, 0.2) is 16.9 Å². The smallest absolute Gasteiger partial charge is 0.354 e. The Morgan fingerprint density at radius 1 is 1.59 bits per heavy atom. The van der Waals surface area contributed by atoms with Crippen molar-refractivity contribution >= 4 is 51.8 Å². The number of hydrogen-bond acceptors (Lipinski definition) is 11. The van der Waals surface area contributed by atoms with Gasteiger partial charge in [-0.05, 0) is 0 Å². The molecule has 0 bridgehead atoms. The number of cyclic esters (lactones) is 1. The van der Waals surface area contributed by atoms with Gasteiger partial charge in [-0.15, -0.1) is 23.1 Å². The summed E-state index contributed by atoms with van der Waals surface area (Å²) in [6.07, 6.45) is 0. The van der Waals surface area contributed by atoms with Crippen molar-refractivity contribution in [3.8, 4) is 0 Å². The number of carboxylic acid groups (broad SMARTS) is 1. The second-order valence-electron chi connectivity index (χ2n) is 5.41. The summed E-state index contributed by atoms with van der Waals surface area (Å²) >= 11 is 2.34. The SMILES string of the molecule is CON=C(C(=O)NC(C(=O)O)C1NC2=C(COC2=O)CS1)c1csc(N)n1. The number of carbonyl (C=O) groups excluding carboxylic acids is 2. The fourth-order valence-electron chi connectivity index (χ4n) is 2.44. The summed E-state index contributed by atoms with van der Waals surface area (Å²) in [5.41, 5.74) is 6.52. The molecule has 2 aliphatic rings. The topological polar surface area (TPSA) is 165 Å². The van der Waals surface area contributed by atoms with Crippen LogP contribution in [0.3, 0.4) is 0 Å². The molecule has 11 nitrogen and oxygen atoms in total. The van der Waals surface area contributed by atoms with Crippen LogP contribution in [-0.2, 0) is 24.0 Å². The molecule has 3 rings (SSSR count). The van der Waals surface area contributed by atoms with Crippen molar-refractivity contribution in [3.63, 3.8) is 0 Å².